The highest BCUT2D eigenvalue weighted by atomic mass is 35.7. The number of halogens is 3. The van der Waals surface area contributed by atoms with Crippen LogP contribution >= 0.6 is 33.9 Å². The molecule has 5 nitrogen and oxygen atoms in total. The van der Waals surface area contributed by atoms with E-state index >= 15 is 0 Å². The first kappa shape index (κ1) is 18.5. The zero-order chi connectivity index (χ0) is 16.0. The second kappa shape index (κ2) is 8.19. The maximum Gasteiger partial charge on any atom is 0.341 e. The molecule has 0 spiro atoms. The maximum absolute atomic E-state index is 11.9. The van der Waals surface area contributed by atoms with Crippen molar-refractivity contribution in [2.24, 2.45) is 0 Å². The van der Waals surface area contributed by atoms with Gasteiger partial charge < -0.3 is 9.47 Å². The molecule has 0 saturated carbocycles. The Hall–Kier alpha value is -0.530. The lowest BCUT2D eigenvalue weighted by Gasteiger charge is -2.10. The minimum Gasteiger partial charge on any atom is -0.460 e. The largest absolute Gasteiger partial charge is 0.460 e. The first-order valence-electron chi connectivity index (χ1n) is 5.96. The van der Waals surface area contributed by atoms with Crippen molar-refractivity contribution < 1.29 is 22.7 Å². The molecule has 0 amide bonds. The third kappa shape index (κ3) is 5.30. The molecule has 21 heavy (non-hydrogen) atoms. The van der Waals surface area contributed by atoms with Gasteiger partial charge in [-0.3, -0.25) is 0 Å². The average molecular weight is 376 g/mol. The number of esters is 1. The summed E-state index contributed by atoms with van der Waals surface area (Å²) < 4.78 is 32.8. The van der Waals surface area contributed by atoms with Crippen LogP contribution in [0.15, 0.2) is 17.0 Å². The van der Waals surface area contributed by atoms with Gasteiger partial charge in [-0.15, -0.1) is 0 Å². The Kier molecular flexibility index (Phi) is 7.23. The molecule has 118 valence electrons. The highest BCUT2D eigenvalue weighted by Gasteiger charge is 2.24. The molecule has 9 heteroatoms. The normalized spacial score (nSPS) is 11.4. The summed E-state index contributed by atoms with van der Waals surface area (Å²) in [6.07, 6.45) is 0.848. The van der Waals surface area contributed by atoms with E-state index in [0.29, 0.717) is 6.61 Å². The van der Waals surface area contributed by atoms with Crippen LogP contribution in [0.25, 0.3) is 0 Å². The first-order valence-corrected chi connectivity index (χ1v) is 9.03. The van der Waals surface area contributed by atoms with Gasteiger partial charge in [-0.1, -0.05) is 30.1 Å². The Morgan fingerprint density at radius 3 is 2.43 bits per heavy atom. The van der Waals surface area contributed by atoms with Crippen LogP contribution in [0, 0.1) is 0 Å². The van der Waals surface area contributed by atoms with E-state index in [-0.39, 0.29) is 28.8 Å². The van der Waals surface area contributed by atoms with E-state index in [0.717, 1.165) is 12.5 Å². The molecule has 0 atom stereocenters. The van der Waals surface area contributed by atoms with Gasteiger partial charge in [0.15, 0.2) is 0 Å². The summed E-state index contributed by atoms with van der Waals surface area (Å²) in [6.45, 7) is 2.73. The molecular formula is C12H13Cl3O5S. The van der Waals surface area contributed by atoms with Crippen LogP contribution in [0.2, 0.25) is 10.0 Å². The van der Waals surface area contributed by atoms with Crippen LogP contribution in [-0.2, 0) is 18.5 Å². The number of hydrogen-bond acceptors (Lipinski definition) is 5. The molecule has 0 saturated heterocycles. The summed E-state index contributed by atoms with van der Waals surface area (Å²) in [6, 6.07) is 2.33. The Morgan fingerprint density at radius 2 is 1.86 bits per heavy atom. The van der Waals surface area contributed by atoms with Gasteiger partial charge in [0.1, 0.15) is 11.5 Å². The van der Waals surface area contributed by atoms with Crippen molar-refractivity contribution in [1.82, 2.24) is 0 Å². The zero-order valence-corrected chi connectivity index (χ0v) is 14.2. The predicted octanol–water partition coefficient (Wildman–Crippen LogP) is 3.50. The van der Waals surface area contributed by atoms with Crippen molar-refractivity contribution in [2.75, 3.05) is 19.8 Å². The van der Waals surface area contributed by atoms with E-state index in [1.54, 1.807) is 0 Å². The van der Waals surface area contributed by atoms with E-state index in [1.165, 1.54) is 6.07 Å². The summed E-state index contributed by atoms with van der Waals surface area (Å²) >= 11 is 11.7. The molecule has 0 aromatic heterocycles. The fourth-order valence-electron chi connectivity index (χ4n) is 1.42. The van der Waals surface area contributed by atoms with Crippen LogP contribution < -0.4 is 0 Å². The Balaban J connectivity index is 2.89. The van der Waals surface area contributed by atoms with Gasteiger partial charge >= 0.3 is 5.97 Å². The molecule has 0 heterocycles. The zero-order valence-electron chi connectivity index (χ0n) is 11.1. The van der Waals surface area contributed by atoms with Gasteiger partial charge in [-0.2, -0.15) is 0 Å². The standard InChI is InChI=1S/C12H13Cl3O5S/c1-2-5-19-6-7-20-12(16)10-8(13)3-4-9(11(10)14)21(15,17)18/h3-4H,2,5-7H2,1H3. The van der Waals surface area contributed by atoms with Crippen molar-refractivity contribution in [2.45, 2.75) is 18.2 Å². The van der Waals surface area contributed by atoms with Crippen LogP contribution in [0.5, 0.6) is 0 Å². The summed E-state index contributed by atoms with van der Waals surface area (Å²) in [5.74, 6) is -0.840. The van der Waals surface area contributed by atoms with E-state index < -0.39 is 19.9 Å². The van der Waals surface area contributed by atoms with Crippen molar-refractivity contribution in [3.63, 3.8) is 0 Å². The fourth-order valence-corrected chi connectivity index (χ4v) is 3.30. The number of carbonyl (C=O) groups excluding carboxylic acids is 1. The summed E-state index contributed by atoms with van der Waals surface area (Å²) in [5, 5.41) is -0.388. The monoisotopic (exact) mass is 374 g/mol. The van der Waals surface area contributed by atoms with Gasteiger partial charge in [0.25, 0.3) is 9.05 Å². The fraction of sp³-hybridized carbons (Fsp3) is 0.417. The SMILES string of the molecule is CCCOCCOC(=O)c1c(Cl)ccc(S(=O)(=O)Cl)c1Cl. The van der Waals surface area contributed by atoms with Crippen LogP contribution in [0.1, 0.15) is 23.7 Å². The molecule has 0 radical (unpaired) electrons. The highest BCUT2D eigenvalue weighted by molar-refractivity contribution is 8.13. The van der Waals surface area contributed by atoms with Gasteiger partial charge in [-0.25, -0.2) is 13.2 Å². The van der Waals surface area contributed by atoms with Crippen LogP contribution in [0.4, 0.5) is 0 Å². The van der Waals surface area contributed by atoms with Crippen molar-refractivity contribution >= 4 is 48.9 Å². The Bertz CT molecular complexity index is 616. The number of ether oxygens (including phenoxy) is 2. The topological polar surface area (TPSA) is 69.7 Å². The molecule has 0 fully saturated rings. The van der Waals surface area contributed by atoms with Gasteiger partial charge in [0.05, 0.1) is 22.2 Å². The second-order valence-corrected chi connectivity index (χ2v) is 7.24. The molecule has 1 rings (SSSR count). The maximum atomic E-state index is 11.9. The van der Waals surface area contributed by atoms with Gasteiger partial charge in [0, 0.05) is 17.3 Å². The summed E-state index contributed by atoms with van der Waals surface area (Å²) in [5.41, 5.74) is -0.240. The molecule has 0 N–H and O–H groups in total. The molecule has 0 unspecified atom stereocenters. The van der Waals surface area contributed by atoms with Crippen LogP contribution in [-0.4, -0.2) is 34.2 Å². The summed E-state index contributed by atoms with van der Waals surface area (Å²) in [4.78, 5) is 11.5. The molecule has 1 aromatic carbocycles. The third-order valence-electron chi connectivity index (χ3n) is 2.33. The van der Waals surface area contributed by atoms with Gasteiger partial charge in [0.2, 0.25) is 0 Å². The lowest BCUT2D eigenvalue weighted by Crippen LogP contribution is -2.13. The molecule has 0 aliphatic rings. The molecule has 0 aliphatic heterocycles. The minimum absolute atomic E-state index is 0.00332. The number of benzene rings is 1. The van der Waals surface area contributed by atoms with E-state index in [9.17, 15) is 13.2 Å². The highest BCUT2D eigenvalue weighted by Crippen LogP contribution is 2.33. The lowest BCUT2D eigenvalue weighted by molar-refractivity contribution is 0.0319. The van der Waals surface area contributed by atoms with E-state index in [2.05, 4.69) is 0 Å². The third-order valence-corrected chi connectivity index (χ3v) is 4.52. The van der Waals surface area contributed by atoms with Crippen molar-refractivity contribution in [1.29, 1.82) is 0 Å². The molecule has 0 bridgehead atoms. The first-order chi connectivity index (χ1) is 9.79. The number of rotatable bonds is 7. The lowest BCUT2D eigenvalue weighted by atomic mass is 10.2. The minimum atomic E-state index is -4.09. The molecular weight excluding hydrogens is 363 g/mol. The Morgan fingerprint density at radius 1 is 1.19 bits per heavy atom. The smallest absolute Gasteiger partial charge is 0.341 e. The molecule has 1 aromatic rings. The van der Waals surface area contributed by atoms with Crippen molar-refractivity contribution in [3.05, 3.63) is 27.7 Å². The van der Waals surface area contributed by atoms with Gasteiger partial charge in [-0.05, 0) is 18.6 Å². The van der Waals surface area contributed by atoms with E-state index in [4.69, 9.17) is 43.4 Å². The average Bonchev–Trinajstić information content (AvgIpc) is 2.37. The quantitative estimate of drug-likeness (QED) is 0.414. The predicted molar refractivity (Wildman–Crippen MR) is 80.9 cm³/mol. The second-order valence-electron chi connectivity index (χ2n) is 3.92. The number of carbonyl (C=O) groups is 1. The van der Waals surface area contributed by atoms with Crippen LogP contribution in [0.3, 0.4) is 0 Å². The van der Waals surface area contributed by atoms with E-state index in [1.807, 2.05) is 6.92 Å². The molecule has 0 aliphatic carbocycles. The van der Waals surface area contributed by atoms with Crippen molar-refractivity contribution in [3.8, 4) is 0 Å². The summed E-state index contributed by atoms with van der Waals surface area (Å²) in [7, 11) is 1.14. The number of hydrogen-bond donors (Lipinski definition) is 0. The Labute approximate surface area is 137 Å².